The quantitative estimate of drug-likeness (QED) is 0.804. The van der Waals surface area contributed by atoms with Gasteiger partial charge in [0.15, 0.2) is 0 Å². The minimum Gasteiger partial charge on any atom is -0.351 e. The molecule has 0 spiro atoms. The summed E-state index contributed by atoms with van der Waals surface area (Å²) in [5.74, 6) is -0.0607. The SMILES string of the molecule is C/C=C\c1[nH]c(C(=O)NCC)cc1/C=C/CC. The Hall–Kier alpha value is -1.77. The van der Waals surface area contributed by atoms with Gasteiger partial charge in [-0.15, -0.1) is 0 Å². The minimum atomic E-state index is -0.0607. The molecule has 0 aromatic carbocycles. The van der Waals surface area contributed by atoms with E-state index in [1.165, 1.54) is 0 Å². The number of aromatic amines is 1. The molecule has 0 aliphatic heterocycles. The Morgan fingerprint density at radius 3 is 2.76 bits per heavy atom. The van der Waals surface area contributed by atoms with E-state index in [9.17, 15) is 4.79 Å². The molecule has 3 nitrogen and oxygen atoms in total. The number of H-pyrrole nitrogens is 1. The molecule has 1 amide bonds. The number of rotatable bonds is 5. The molecule has 92 valence electrons. The average molecular weight is 232 g/mol. The standard InChI is InChI=1S/C14H20N2O/c1-4-7-9-11-10-13(14(17)15-6-3)16-12(11)8-5-2/h5,7-10,16H,4,6H2,1-3H3,(H,15,17)/b8-5-,9-7+. The second-order valence-corrected chi connectivity index (χ2v) is 3.72. The number of allylic oxidation sites excluding steroid dienone is 2. The van der Waals surface area contributed by atoms with E-state index in [4.69, 9.17) is 0 Å². The Kier molecular flexibility index (Phi) is 5.27. The summed E-state index contributed by atoms with van der Waals surface area (Å²) in [5, 5.41) is 2.78. The zero-order valence-corrected chi connectivity index (χ0v) is 10.7. The van der Waals surface area contributed by atoms with Crippen molar-refractivity contribution in [3.63, 3.8) is 0 Å². The van der Waals surface area contributed by atoms with E-state index in [2.05, 4.69) is 23.3 Å². The fraction of sp³-hybridized carbons (Fsp3) is 0.357. The van der Waals surface area contributed by atoms with Gasteiger partial charge >= 0.3 is 0 Å². The monoisotopic (exact) mass is 232 g/mol. The van der Waals surface area contributed by atoms with E-state index >= 15 is 0 Å². The third-order valence-corrected chi connectivity index (χ3v) is 2.33. The minimum absolute atomic E-state index is 0.0607. The highest BCUT2D eigenvalue weighted by Gasteiger charge is 2.09. The third kappa shape index (κ3) is 3.63. The summed E-state index contributed by atoms with van der Waals surface area (Å²) in [4.78, 5) is 14.8. The van der Waals surface area contributed by atoms with Crippen molar-refractivity contribution < 1.29 is 4.79 Å². The first-order chi connectivity index (χ1) is 8.22. The molecule has 1 aromatic heterocycles. The molecular weight excluding hydrogens is 212 g/mol. The molecular formula is C14H20N2O. The molecule has 0 atom stereocenters. The number of amides is 1. The van der Waals surface area contributed by atoms with E-state index in [1.807, 2.05) is 38.1 Å². The number of hydrogen-bond donors (Lipinski definition) is 2. The predicted octanol–water partition coefficient (Wildman–Crippen LogP) is 3.22. The van der Waals surface area contributed by atoms with Gasteiger partial charge in [0, 0.05) is 12.2 Å². The maximum absolute atomic E-state index is 11.7. The first-order valence-electron chi connectivity index (χ1n) is 6.03. The van der Waals surface area contributed by atoms with Crippen molar-refractivity contribution in [2.45, 2.75) is 27.2 Å². The van der Waals surface area contributed by atoms with E-state index in [0.717, 1.165) is 17.7 Å². The summed E-state index contributed by atoms with van der Waals surface area (Å²) in [5.41, 5.74) is 2.63. The fourth-order valence-electron chi connectivity index (χ4n) is 1.55. The zero-order valence-electron chi connectivity index (χ0n) is 10.7. The van der Waals surface area contributed by atoms with Crippen molar-refractivity contribution in [3.8, 4) is 0 Å². The van der Waals surface area contributed by atoms with Gasteiger partial charge in [0.25, 0.3) is 5.91 Å². The van der Waals surface area contributed by atoms with Crippen molar-refractivity contribution in [3.05, 3.63) is 35.2 Å². The highest BCUT2D eigenvalue weighted by atomic mass is 16.1. The molecule has 3 heteroatoms. The van der Waals surface area contributed by atoms with E-state index in [0.29, 0.717) is 12.2 Å². The van der Waals surface area contributed by atoms with Crippen LogP contribution in [0.1, 0.15) is 48.9 Å². The van der Waals surface area contributed by atoms with Crippen LogP contribution < -0.4 is 5.32 Å². The van der Waals surface area contributed by atoms with Crippen molar-refractivity contribution in [2.24, 2.45) is 0 Å². The summed E-state index contributed by atoms with van der Waals surface area (Å²) in [7, 11) is 0. The highest BCUT2D eigenvalue weighted by molar-refractivity contribution is 5.94. The van der Waals surface area contributed by atoms with Crippen LogP contribution in [-0.2, 0) is 0 Å². The van der Waals surface area contributed by atoms with E-state index in [-0.39, 0.29) is 5.91 Å². The van der Waals surface area contributed by atoms with Crippen LogP contribution in [0.4, 0.5) is 0 Å². The first kappa shape index (κ1) is 13.3. The lowest BCUT2D eigenvalue weighted by Crippen LogP contribution is -2.22. The summed E-state index contributed by atoms with van der Waals surface area (Å²) in [6, 6.07) is 1.88. The molecule has 0 fully saturated rings. The summed E-state index contributed by atoms with van der Waals surface area (Å²) < 4.78 is 0. The van der Waals surface area contributed by atoms with Crippen LogP contribution in [0.15, 0.2) is 18.2 Å². The van der Waals surface area contributed by atoms with Gasteiger partial charge in [0.1, 0.15) is 5.69 Å². The molecule has 0 aliphatic rings. The summed E-state index contributed by atoms with van der Waals surface area (Å²) in [6.07, 6.45) is 9.03. The van der Waals surface area contributed by atoms with Gasteiger partial charge in [-0.2, -0.15) is 0 Å². The maximum Gasteiger partial charge on any atom is 0.267 e. The maximum atomic E-state index is 11.7. The molecule has 0 aliphatic carbocycles. The van der Waals surface area contributed by atoms with E-state index < -0.39 is 0 Å². The van der Waals surface area contributed by atoms with Crippen LogP contribution in [0.5, 0.6) is 0 Å². The molecule has 1 rings (SSSR count). The van der Waals surface area contributed by atoms with Gasteiger partial charge in [-0.3, -0.25) is 4.79 Å². The lowest BCUT2D eigenvalue weighted by Gasteiger charge is -1.97. The Morgan fingerprint density at radius 1 is 1.41 bits per heavy atom. The van der Waals surface area contributed by atoms with Gasteiger partial charge < -0.3 is 10.3 Å². The van der Waals surface area contributed by atoms with Crippen LogP contribution in [0.2, 0.25) is 0 Å². The number of nitrogens with one attached hydrogen (secondary N) is 2. The van der Waals surface area contributed by atoms with Gasteiger partial charge in [-0.05, 0) is 38.0 Å². The van der Waals surface area contributed by atoms with Gasteiger partial charge in [0.2, 0.25) is 0 Å². The Morgan fingerprint density at radius 2 is 2.18 bits per heavy atom. The molecule has 0 saturated heterocycles. The number of aromatic nitrogens is 1. The molecule has 0 bridgehead atoms. The number of hydrogen-bond acceptors (Lipinski definition) is 1. The van der Waals surface area contributed by atoms with Gasteiger partial charge in [-0.1, -0.05) is 25.2 Å². The molecule has 2 N–H and O–H groups in total. The van der Waals surface area contributed by atoms with Crippen LogP contribution in [0.25, 0.3) is 12.2 Å². The zero-order chi connectivity index (χ0) is 12.7. The Balaban J connectivity index is 3.03. The normalized spacial score (nSPS) is 11.5. The lowest BCUT2D eigenvalue weighted by atomic mass is 10.2. The van der Waals surface area contributed by atoms with Crippen LogP contribution >= 0.6 is 0 Å². The number of carbonyl (C=O) groups excluding carboxylic acids is 1. The second-order valence-electron chi connectivity index (χ2n) is 3.72. The Labute approximate surface area is 103 Å². The second kappa shape index (κ2) is 6.74. The smallest absolute Gasteiger partial charge is 0.267 e. The first-order valence-corrected chi connectivity index (χ1v) is 6.03. The van der Waals surface area contributed by atoms with Crippen molar-refractivity contribution >= 4 is 18.1 Å². The van der Waals surface area contributed by atoms with Crippen molar-refractivity contribution in [2.75, 3.05) is 6.54 Å². The largest absolute Gasteiger partial charge is 0.351 e. The highest BCUT2D eigenvalue weighted by Crippen LogP contribution is 2.15. The van der Waals surface area contributed by atoms with Crippen molar-refractivity contribution in [1.29, 1.82) is 0 Å². The van der Waals surface area contributed by atoms with E-state index in [1.54, 1.807) is 0 Å². The predicted molar refractivity (Wildman–Crippen MR) is 72.8 cm³/mol. The Bertz CT molecular complexity index is 427. The summed E-state index contributed by atoms with van der Waals surface area (Å²) >= 11 is 0. The molecule has 1 aromatic rings. The average Bonchev–Trinajstić information content (AvgIpc) is 2.71. The van der Waals surface area contributed by atoms with Crippen LogP contribution in [0, 0.1) is 0 Å². The van der Waals surface area contributed by atoms with Gasteiger partial charge in [0.05, 0.1) is 0 Å². The summed E-state index contributed by atoms with van der Waals surface area (Å²) in [6.45, 7) is 6.59. The molecule has 0 saturated carbocycles. The lowest BCUT2D eigenvalue weighted by molar-refractivity contribution is 0.0951. The van der Waals surface area contributed by atoms with Gasteiger partial charge in [-0.25, -0.2) is 0 Å². The third-order valence-electron chi connectivity index (χ3n) is 2.33. The fourth-order valence-corrected chi connectivity index (χ4v) is 1.55. The van der Waals surface area contributed by atoms with Crippen LogP contribution in [0.3, 0.4) is 0 Å². The topological polar surface area (TPSA) is 44.9 Å². The molecule has 17 heavy (non-hydrogen) atoms. The molecule has 0 radical (unpaired) electrons. The molecule has 1 heterocycles. The molecule has 0 unspecified atom stereocenters. The van der Waals surface area contributed by atoms with Crippen molar-refractivity contribution in [1.82, 2.24) is 10.3 Å². The number of carbonyl (C=O) groups is 1. The van der Waals surface area contributed by atoms with Crippen LogP contribution in [-0.4, -0.2) is 17.4 Å².